The average molecular weight is 282 g/mol. The molecule has 1 N–H and O–H groups in total. The van der Waals surface area contributed by atoms with Gasteiger partial charge in [-0.3, -0.25) is 0 Å². The standard InChI is InChI=1S/C18H19FN2/c1-14-10-16(19)12-17(11-14)21-18(2,13-20)9-8-15-6-4-3-5-7-15/h3-7,10-12,21H,8-9H2,1-2H3. The van der Waals surface area contributed by atoms with Gasteiger partial charge in [-0.1, -0.05) is 30.3 Å². The van der Waals surface area contributed by atoms with Gasteiger partial charge in [-0.25, -0.2) is 4.39 Å². The SMILES string of the molecule is Cc1cc(F)cc(NC(C)(C#N)CCc2ccccc2)c1. The zero-order chi connectivity index (χ0) is 15.3. The first-order valence-electron chi connectivity index (χ1n) is 7.01. The van der Waals surface area contributed by atoms with E-state index in [1.54, 1.807) is 0 Å². The van der Waals surface area contributed by atoms with Gasteiger partial charge in [-0.2, -0.15) is 5.26 Å². The predicted molar refractivity (Wildman–Crippen MR) is 83.5 cm³/mol. The van der Waals surface area contributed by atoms with E-state index in [-0.39, 0.29) is 5.82 Å². The van der Waals surface area contributed by atoms with Crippen molar-refractivity contribution in [1.82, 2.24) is 0 Å². The molecule has 3 heteroatoms. The lowest BCUT2D eigenvalue weighted by Crippen LogP contribution is -2.33. The zero-order valence-electron chi connectivity index (χ0n) is 12.4. The van der Waals surface area contributed by atoms with E-state index in [4.69, 9.17) is 0 Å². The molecule has 1 atom stereocenters. The van der Waals surface area contributed by atoms with Crippen molar-refractivity contribution in [3.8, 4) is 6.07 Å². The maximum absolute atomic E-state index is 13.4. The lowest BCUT2D eigenvalue weighted by molar-refractivity contribution is 0.586. The number of aryl methyl sites for hydroxylation is 2. The fourth-order valence-electron chi connectivity index (χ4n) is 2.31. The molecule has 2 rings (SSSR count). The molecule has 0 saturated heterocycles. The number of anilines is 1. The minimum Gasteiger partial charge on any atom is -0.367 e. The third kappa shape index (κ3) is 4.32. The van der Waals surface area contributed by atoms with Crippen molar-refractivity contribution in [2.75, 3.05) is 5.32 Å². The smallest absolute Gasteiger partial charge is 0.125 e. The van der Waals surface area contributed by atoms with Crippen LogP contribution in [0.25, 0.3) is 0 Å². The highest BCUT2D eigenvalue weighted by atomic mass is 19.1. The maximum atomic E-state index is 13.4. The molecule has 108 valence electrons. The molecule has 2 aromatic carbocycles. The van der Waals surface area contributed by atoms with E-state index < -0.39 is 5.54 Å². The van der Waals surface area contributed by atoms with Gasteiger partial charge in [0.2, 0.25) is 0 Å². The topological polar surface area (TPSA) is 35.8 Å². The van der Waals surface area contributed by atoms with Crippen molar-refractivity contribution in [3.05, 3.63) is 65.5 Å². The summed E-state index contributed by atoms with van der Waals surface area (Å²) in [7, 11) is 0. The fraction of sp³-hybridized carbons (Fsp3) is 0.278. The van der Waals surface area contributed by atoms with Gasteiger partial charge in [0.25, 0.3) is 0 Å². The maximum Gasteiger partial charge on any atom is 0.125 e. The van der Waals surface area contributed by atoms with Crippen LogP contribution in [-0.2, 0) is 6.42 Å². The van der Waals surface area contributed by atoms with Crippen molar-refractivity contribution in [2.24, 2.45) is 0 Å². The van der Waals surface area contributed by atoms with E-state index in [1.165, 1.54) is 17.7 Å². The number of nitriles is 1. The third-order valence-corrected chi connectivity index (χ3v) is 3.47. The second kappa shape index (κ2) is 6.41. The third-order valence-electron chi connectivity index (χ3n) is 3.47. The van der Waals surface area contributed by atoms with Crippen LogP contribution >= 0.6 is 0 Å². The van der Waals surface area contributed by atoms with Gasteiger partial charge >= 0.3 is 0 Å². The molecular weight excluding hydrogens is 263 g/mol. The Balaban J connectivity index is 2.08. The van der Waals surface area contributed by atoms with Crippen LogP contribution in [0.5, 0.6) is 0 Å². The van der Waals surface area contributed by atoms with Crippen molar-refractivity contribution < 1.29 is 4.39 Å². The Bertz CT molecular complexity index is 626. The van der Waals surface area contributed by atoms with E-state index in [9.17, 15) is 9.65 Å². The monoisotopic (exact) mass is 282 g/mol. The quantitative estimate of drug-likeness (QED) is 0.878. The molecule has 2 aromatic rings. The Hall–Kier alpha value is -2.34. The number of nitrogens with one attached hydrogen (secondary N) is 1. The number of hydrogen-bond donors (Lipinski definition) is 1. The average Bonchev–Trinajstić information content (AvgIpc) is 2.45. The second-order valence-electron chi connectivity index (χ2n) is 5.57. The number of nitrogens with zero attached hydrogens (tertiary/aromatic N) is 1. The first-order valence-corrected chi connectivity index (χ1v) is 7.01. The minimum absolute atomic E-state index is 0.291. The van der Waals surface area contributed by atoms with Crippen LogP contribution in [0, 0.1) is 24.1 Å². The van der Waals surface area contributed by atoms with Gasteiger partial charge in [0.1, 0.15) is 11.4 Å². The number of halogens is 1. The predicted octanol–water partition coefficient (Wildman–Crippen LogP) is 4.46. The molecule has 0 fully saturated rings. The van der Waals surface area contributed by atoms with E-state index in [0.717, 1.165) is 12.0 Å². The normalized spacial score (nSPS) is 13.2. The van der Waals surface area contributed by atoms with Crippen LogP contribution in [0.15, 0.2) is 48.5 Å². The van der Waals surface area contributed by atoms with E-state index in [2.05, 4.69) is 11.4 Å². The van der Waals surface area contributed by atoms with Crippen LogP contribution in [-0.4, -0.2) is 5.54 Å². The van der Waals surface area contributed by atoms with Gasteiger partial charge in [-0.05, 0) is 56.0 Å². The van der Waals surface area contributed by atoms with Gasteiger partial charge in [0.15, 0.2) is 0 Å². The summed E-state index contributed by atoms with van der Waals surface area (Å²) in [6, 6.07) is 17.1. The minimum atomic E-state index is -0.726. The first-order chi connectivity index (χ1) is 10.0. The molecule has 0 radical (unpaired) electrons. The second-order valence-corrected chi connectivity index (χ2v) is 5.57. The Morgan fingerprint density at radius 3 is 2.52 bits per heavy atom. The van der Waals surface area contributed by atoms with Gasteiger partial charge in [0, 0.05) is 5.69 Å². The molecule has 0 aliphatic carbocycles. The number of rotatable bonds is 5. The lowest BCUT2D eigenvalue weighted by atomic mass is 9.94. The van der Waals surface area contributed by atoms with Gasteiger partial charge < -0.3 is 5.32 Å². The Kier molecular flexibility index (Phi) is 4.59. The molecule has 21 heavy (non-hydrogen) atoms. The molecule has 0 saturated carbocycles. The van der Waals surface area contributed by atoms with Gasteiger partial charge in [-0.15, -0.1) is 0 Å². The van der Waals surface area contributed by atoms with E-state index in [0.29, 0.717) is 12.1 Å². The molecule has 0 aromatic heterocycles. The first kappa shape index (κ1) is 15.1. The molecule has 0 aliphatic heterocycles. The molecule has 1 unspecified atom stereocenters. The van der Waals surface area contributed by atoms with Crippen molar-refractivity contribution in [2.45, 2.75) is 32.2 Å². The molecule has 0 heterocycles. The summed E-state index contributed by atoms with van der Waals surface area (Å²) in [4.78, 5) is 0. The molecule has 0 spiro atoms. The summed E-state index contributed by atoms with van der Waals surface area (Å²) >= 11 is 0. The molecule has 2 nitrogen and oxygen atoms in total. The Morgan fingerprint density at radius 1 is 1.19 bits per heavy atom. The summed E-state index contributed by atoms with van der Waals surface area (Å²) in [6.07, 6.45) is 1.45. The van der Waals surface area contributed by atoms with Gasteiger partial charge in [0.05, 0.1) is 6.07 Å². The summed E-state index contributed by atoms with van der Waals surface area (Å²) in [5.41, 5.74) is 1.94. The van der Waals surface area contributed by atoms with Crippen LogP contribution < -0.4 is 5.32 Å². The van der Waals surface area contributed by atoms with Crippen LogP contribution in [0.2, 0.25) is 0 Å². The molecule has 0 bridgehead atoms. The molecular formula is C18H19FN2. The highest BCUT2D eigenvalue weighted by Crippen LogP contribution is 2.22. The van der Waals surface area contributed by atoms with E-state index in [1.807, 2.05) is 50.2 Å². The number of benzene rings is 2. The Morgan fingerprint density at radius 2 is 1.90 bits per heavy atom. The van der Waals surface area contributed by atoms with Crippen LogP contribution in [0.1, 0.15) is 24.5 Å². The number of hydrogen-bond acceptors (Lipinski definition) is 2. The highest BCUT2D eigenvalue weighted by molar-refractivity contribution is 5.49. The summed E-state index contributed by atoms with van der Waals surface area (Å²) < 4.78 is 13.4. The fourth-order valence-corrected chi connectivity index (χ4v) is 2.31. The van der Waals surface area contributed by atoms with Crippen molar-refractivity contribution >= 4 is 5.69 Å². The van der Waals surface area contributed by atoms with Crippen molar-refractivity contribution in [3.63, 3.8) is 0 Å². The highest BCUT2D eigenvalue weighted by Gasteiger charge is 2.23. The van der Waals surface area contributed by atoms with Crippen LogP contribution in [0.3, 0.4) is 0 Å². The molecule has 0 aliphatic rings. The van der Waals surface area contributed by atoms with Crippen molar-refractivity contribution in [1.29, 1.82) is 5.26 Å². The summed E-state index contributed by atoms with van der Waals surface area (Å²) in [5.74, 6) is -0.291. The summed E-state index contributed by atoms with van der Waals surface area (Å²) in [6.45, 7) is 3.68. The zero-order valence-corrected chi connectivity index (χ0v) is 12.4. The largest absolute Gasteiger partial charge is 0.367 e. The summed E-state index contributed by atoms with van der Waals surface area (Å²) in [5, 5.41) is 12.6. The molecule has 0 amide bonds. The lowest BCUT2D eigenvalue weighted by Gasteiger charge is -2.25. The van der Waals surface area contributed by atoms with E-state index >= 15 is 0 Å². The van der Waals surface area contributed by atoms with Crippen LogP contribution in [0.4, 0.5) is 10.1 Å². The Labute approximate surface area is 125 Å².